The van der Waals surface area contributed by atoms with Gasteiger partial charge in [0.1, 0.15) is 11.3 Å². The van der Waals surface area contributed by atoms with E-state index in [2.05, 4.69) is 16.8 Å². The van der Waals surface area contributed by atoms with E-state index in [-0.39, 0.29) is 29.9 Å². The number of hydrogen-bond acceptors (Lipinski definition) is 5. The molecule has 8 nitrogen and oxygen atoms in total. The third-order valence-corrected chi connectivity index (χ3v) is 7.86. The number of halogens is 1. The first-order chi connectivity index (χ1) is 17.7. The van der Waals surface area contributed by atoms with Gasteiger partial charge in [0.25, 0.3) is 5.91 Å². The number of nitrogens with zero attached hydrogens (tertiary/aromatic N) is 3. The second kappa shape index (κ2) is 9.37. The fraction of sp³-hybridized carbons (Fsp3) is 0.429. The van der Waals surface area contributed by atoms with Gasteiger partial charge in [-0.05, 0) is 75.3 Å². The van der Waals surface area contributed by atoms with Crippen LogP contribution in [0.1, 0.15) is 43.1 Å². The molecule has 1 aromatic heterocycles. The summed E-state index contributed by atoms with van der Waals surface area (Å²) in [6.07, 6.45) is 1.22. The summed E-state index contributed by atoms with van der Waals surface area (Å²) in [7, 11) is 3.42. The van der Waals surface area contributed by atoms with Crippen molar-refractivity contribution < 1.29 is 23.8 Å². The molecular formula is C28H33FN4O4. The Morgan fingerprint density at radius 2 is 2.05 bits per heavy atom. The van der Waals surface area contributed by atoms with Crippen LogP contribution in [0.2, 0.25) is 0 Å². The number of carbonyl (C=O) groups excluding carboxylic acids is 2. The molecule has 2 aliphatic heterocycles. The molecule has 37 heavy (non-hydrogen) atoms. The Hall–Kier alpha value is -3.59. The van der Waals surface area contributed by atoms with Gasteiger partial charge in [-0.3, -0.25) is 9.69 Å². The lowest BCUT2D eigenvalue weighted by Gasteiger charge is -2.42. The molecule has 1 unspecified atom stereocenters. The van der Waals surface area contributed by atoms with Gasteiger partial charge >= 0.3 is 6.03 Å². The normalized spacial score (nSPS) is 21.2. The highest BCUT2D eigenvalue weighted by molar-refractivity contribution is 6.08. The van der Waals surface area contributed by atoms with Crippen LogP contribution in [0.3, 0.4) is 0 Å². The largest absolute Gasteiger partial charge is 0.508 e. The zero-order valence-corrected chi connectivity index (χ0v) is 21.7. The molecule has 0 spiro atoms. The Bertz CT molecular complexity index is 1370. The van der Waals surface area contributed by atoms with Crippen LogP contribution in [0.5, 0.6) is 11.5 Å². The van der Waals surface area contributed by atoms with E-state index in [1.54, 1.807) is 42.2 Å². The number of imide groups is 1. The van der Waals surface area contributed by atoms with Crippen LogP contribution >= 0.6 is 0 Å². The molecule has 2 N–H and O–H groups in total. The minimum Gasteiger partial charge on any atom is -0.508 e. The minimum absolute atomic E-state index is 0.120. The number of H-pyrrole nitrogens is 1. The van der Waals surface area contributed by atoms with Crippen LogP contribution in [-0.4, -0.2) is 76.1 Å². The van der Waals surface area contributed by atoms with E-state index in [4.69, 9.17) is 4.74 Å². The Morgan fingerprint density at radius 3 is 2.76 bits per heavy atom. The lowest BCUT2D eigenvalue weighted by atomic mass is 9.81. The number of ether oxygens (including phenoxy) is 1. The van der Waals surface area contributed by atoms with Crippen molar-refractivity contribution >= 4 is 22.8 Å². The number of amides is 3. The summed E-state index contributed by atoms with van der Waals surface area (Å²) in [5.74, 6) is -0.501. The van der Waals surface area contributed by atoms with Crippen LogP contribution in [0, 0.1) is 5.82 Å². The maximum atomic E-state index is 15.5. The molecule has 2 atom stereocenters. The standard InChI is InChI=1S/C28H33FN4O4/c1-5-31(3)12-7-13-32-26(35)28(2)16-19-23-20(10-11-22(37-4)24(23)29)30-25(19)21(33(28)27(32)36)15-17-8-6-9-18(34)14-17/h6,8-11,14,21,30,34H,5,7,12-13,15-16H2,1-4H3/t21?,28-/m0/s1. The zero-order chi connectivity index (χ0) is 26.5. The average Bonchev–Trinajstić information content (AvgIpc) is 3.32. The minimum atomic E-state index is -1.16. The number of hydrogen-bond donors (Lipinski definition) is 2. The summed E-state index contributed by atoms with van der Waals surface area (Å²) in [6.45, 7) is 5.82. The van der Waals surface area contributed by atoms with Crippen molar-refractivity contribution in [2.24, 2.45) is 0 Å². The van der Waals surface area contributed by atoms with Crippen molar-refractivity contribution in [3.05, 3.63) is 59.0 Å². The van der Waals surface area contributed by atoms with Crippen LogP contribution in [0.4, 0.5) is 9.18 Å². The third-order valence-electron chi connectivity index (χ3n) is 7.86. The molecule has 5 rings (SSSR count). The summed E-state index contributed by atoms with van der Waals surface area (Å²) < 4.78 is 20.8. The van der Waals surface area contributed by atoms with E-state index in [1.165, 1.54) is 12.0 Å². The van der Waals surface area contributed by atoms with Gasteiger partial charge < -0.3 is 24.6 Å². The number of aromatic nitrogens is 1. The molecule has 196 valence electrons. The maximum absolute atomic E-state index is 15.5. The highest BCUT2D eigenvalue weighted by Gasteiger charge is 2.59. The SMILES string of the molecule is CCN(C)CCCN1C(=O)N2C(Cc3cccc(O)c3)c3[nH]c4ccc(OC)c(F)c4c3C[C@@]2(C)C1=O. The van der Waals surface area contributed by atoms with Gasteiger partial charge in [-0.2, -0.15) is 0 Å². The average molecular weight is 509 g/mol. The first-order valence-electron chi connectivity index (χ1n) is 12.7. The molecule has 0 radical (unpaired) electrons. The molecule has 0 saturated carbocycles. The monoisotopic (exact) mass is 508 g/mol. The molecule has 2 aromatic carbocycles. The number of nitrogens with one attached hydrogen (secondary N) is 1. The second-order valence-electron chi connectivity index (χ2n) is 10.2. The number of phenolic OH excluding ortho intramolecular Hbond substituents is 1. The number of phenols is 1. The number of carbonyl (C=O) groups is 2. The molecule has 0 aliphatic carbocycles. The van der Waals surface area contributed by atoms with Crippen molar-refractivity contribution in [1.29, 1.82) is 0 Å². The van der Waals surface area contributed by atoms with Gasteiger partial charge in [0.15, 0.2) is 11.6 Å². The van der Waals surface area contributed by atoms with Gasteiger partial charge in [0.05, 0.1) is 13.2 Å². The van der Waals surface area contributed by atoms with E-state index in [1.807, 2.05) is 13.1 Å². The third kappa shape index (κ3) is 4.01. The first kappa shape index (κ1) is 25.1. The first-order valence-corrected chi connectivity index (χ1v) is 12.7. The van der Waals surface area contributed by atoms with E-state index in [9.17, 15) is 14.7 Å². The lowest BCUT2D eigenvalue weighted by Crippen LogP contribution is -2.53. The topological polar surface area (TPSA) is 89.1 Å². The quantitative estimate of drug-likeness (QED) is 0.445. The number of aromatic amines is 1. The Morgan fingerprint density at radius 1 is 1.27 bits per heavy atom. The van der Waals surface area contributed by atoms with Crippen LogP contribution in [0.25, 0.3) is 10.9 Å². The number of methoxy groups -OCH3 is 1. The summed E-state index contributed by atoms with van der Waals surface area (Å²) in [5, 5.41) is 10.5. The van der Waals surface area contributed by atoms with E-state index >= 15 is 4.39 Å². The summed E-state index contributed by atoms with van der Waals surface area (Å²) in [4.78, 5) is 36.1. The summed E-state index contributed by atoms with van der Waals surface area (Å²) in [5.41, 5.74) is 1.63. The maximum Gasteiger partial charge on any atom is 0.328 e. The number of fused-ring (bicyclic) bond motifs is 4. The van der Waals surface area contributed by atoms with E-state index in [0.29, 0.717) is 41.5 Å². The van der Waals surface area contributed by atoms with Gasteiger partial charge in [-0.1, -0.05) is 19.1 Å². The van der Waals surface area contributed by atoms with Crippen LogP contribution in [0.15, 0.2) is 36.4 Å². The van der Waals surface area contributed by atoms with Gasteiger partial charge in [0, 0.05) is 29.6 Å². The van der Waals surface area contributed by atoms with Gasteiger partial charge in [-0.15, -0.1) is 0 Å². The van der Waals surface area contributed by atoms with E-state index in [0.717, 1.165) is 18.7 Å². The lowest BCUT2D eigenvalue weighted by molar-refractivity contribution is -0.133. The highest BCUT2D eigenvalue weighted by Crippen LogP contribution is 2.48. The predicted octanol–water partition coefficient (Wildman–Crippen LogP) is 4.23. The molecule has 0 bridgehead atoms. The number of aromatic hydroxyl groups is 1. The molecular weight excluding hydrogens is 475 g/mol. The number of urea groups is 1. The Balaban J connectivity index is 1.61. The molecule has 9 heteroatoms. The van der Waals surface area contributed by atoms with Crippen molar-refractivity contribution in [1.82, 2.24) is 19.7 Å². The Labute approximate surface area is 215 Å². The molecule has 2 aliphatic rings. The van der Waals surface area contributed by atoms with Crippen molar-refractivity contribution in [2.75, 3.05) is 33.8 Å². The smallest absolute Gasteiger partial charge is 0.328 e. The summed E-state index contributed by atoms with van der Waals surface area (Å²) >= 11 is 0. The fourth-order valence-corrected chi connectivity index (χ4v) is 5.82. The molecule has 3 aromatic rings. The predicted molar refractivity (Wildman–Crippen MR) is 138 cm³/mol. The van der Waals surface area contributed by atoms with Crippen molar-refractivity contribution in [3.63, 3.8) is 0 Å². The van der Waals surface area contributed by atoms with E-state index < -0.39 is 17.4 Å². The van der Waals surface area contributed by atoms with Gasteiger partial charge in [0.2, 0.25) is 0 Å². The highest BCUT2D eigenvalue weighted by atomic mass is 19.1. The molecule has 3 amide bonds. The Kier molecular flexibility index (Phi) is 6.35. The second-order valence-corrected chi connectivity index (χ2v) is 10.2. The summed E-state index contributed by atoms with van der Waals surface area (Å²) in [6, 6.07) is 9.30. The zero-order valence-electron chi connectivity index (χ0n) is 21.7. The number of rotatable bonds is 8. The molecule has 1 fully saturated rings. The van der Waals surface area contributed by atoms with Crippen molar-refractivity contribution in [2.45, 2.75) is 44.7 Å². The van der Waals surface area contributed by atoms with Crippen LogP contribution < -0.4 is 4.74 Å². The van der Waals surface area contributed by atoms with Gasteiger partial charge in [-0.25, -0.2) is 9.18 Å². The van der Waals surface area contributed by atoms with Crippen LogP contribution in [-0.2, 0) is 17.6 Å². The molecule has 1 saturated heterocycles. The molecule has 3 heterocycles. The fourth-order valence-electron chi connectivity index (χ4n) is 5.82. The number of benzene rings is 2. The van der Waals surface area contributed by atoms with Crippen molar-refractivity contribution in [3.8, 4) is 11.5 Å².